The van der Waals surface area contributed by atoms with E-state index in [4.69, 9.17) is 9.05 Å². The molecule has 0 unspecified atom stereocenters. The molecule has 1 radical (unpaired) electrons. The normalized spacial score (nSPS) is 10.4. The number of rotatable bonds is 2. The van der Waals surface area contributed by atoms with Crippen LogP contribution in [0, 0.1) is 13.8 Å². The van der Waals surface area contributed by atoms with Gasteiger partial charge in [-0.05, 0) is 46.3 Å². The summed E-state index contributed by atoms with van der Waals surface area (Å²) in [7, 11) is 4.34. The number of hydrogen-bond acceptors (Lipinski definition) is 10. The zero-order valence-corrected chi connectivity index (χ0v) is 20.4. The van der Waals surface area contributed by atoms with E-state index in [1.54, 1.807) is 13.8 Å². The van der Waals surface area contributed by atoms with Gasteiger partial charge in [-0.1, -0.05) is 10.3 Å². The van der Waals surface area contributed by atoms with Gasteiger partial charge in [0, 0.05) is 41.5 Å². The van der Waals surface area contributed by atoms with Gasteiger partial charge in [0.15, 0.2) is 0 Å². The van der Waals surface area contributed by atoms with Crippen LogP contribution in [0.4, 0.5) is 0 Å². The Kier molecular flexibility index (Phi) is 7.28. The third kappa shape index (κ3) is 5.29. The zero-order valence-electron chi connectivity index (χ0n) is 17.9. The third-order valence-electron chi connectivity index (χ3n) is 4.41. The Bertz CT molecular complexity index is 1560. The molecule has 0 aliphatic carbocycles. The summed E-state index contributed by atoms with van der Waals surface area (Å²) in [6, 6.07) is 9.64. The number of aryl methyl sites for hydroxylation is 2. The van der Waals surface area contributed by atoms with E-state index in [0.29, 0.717) is 34.8 Å². The van der Waals surface area contributed by atoms with E-state index in [-0.39, 0.29) is 0 Å². The number of nitrogens with zero attached hydrogens (tertiary/aromatic N) is 7. The van der Waals surface area contributed by atoms with Crippen molar-refractivity contribution in [3.63, 3.8) is 0 Å². The fourth-order valence-corrected chi connectivity index (χ4v) is 3.39. The molecule has 0 bridgehead atoms. The van der Waals surface area contributed by atoms with Crippen molar-refractivity contribution in [3.8, 4) is 23.0 Å². The topological polar surface area (TPSA) is 148 Å². The standard InChI is InChI=1S/C10H7BrN4O.C10H8N4O.BHNS/c1-5-13-10(15-16-5)8-3-2-6-7(11)4-12-9(6)14-8;1-6-12-10(14-15-6)8-3-2-7-4-5-11-9(7)13-8;1-2-3/h2-4H,1H3,(H,12,14);2-5H,1H3,(H,11,13);3H. The van der Waals surface area contributed by atoms with Crippen molar-refractivity contribution in [2.24, 2.45) is 4.30 Å². The summed E-state index contributed by atoms with van der Waals surface area (Å²) >= 11 is 6.62. The molecule has 0 aliphatic rings. The van der Waals surface area contributed by atoms with Gasteiger partial charge >= 0.3 is 24.8 Å². The number of H-pyrrole nitrogens is 2. The van der Waals surface area contributed by atoms with E-state index in [0.717, 1.165) is 26.5 Å². The van der Waals surface area contributed by atoms with Gasteiger partial charge in [-0.25, -0.2) is 9.97 Å². The molecule has 0 saturated heterocycles. The Labute approximate surface area is 207 Å². The average Bonchev–Trinajstić information content (AvgIpc) is 3.62. The fraction of sp³-hybridized carbons (Fsp3) is 0.100. The molecule has 6 rings (SSSR count). The Balaban J connectivity index is 0.000000145. The maximum atomic E-state index is 4.92. The van der Waals surface area contributed by atoms with Crippen LogP contribution in [0.3, 0.4) is 0 Å². The van der Waals surface area contributed by atoms with Crippen LogP contribution in [0.15, 0.2) is 60.5 Å². The van der Waals surface area contributed by atoms with E-state index in [2.05, 4.69) is 80.9 Å². The Morgan fingerprint density at radius 3 is 2.03 bits per heavy atom. The molecule has 0 saturated carbocycles. The van der Waals surface area contributed by atoms with Crippen LogP contribution in [-0.2, 0) is 0 Å². The first kappa shape index (κ1) is 23.5. The first-order valence-electron chi connectivity index (χ1n) is 9.72. The molecular formula is C20H16BBrN9O2S. The van der Waals surface area contributed by atoms with E-state index in [1.165, 1.54) is 0 Å². The summed E-state index contributed by atoms with van der Waals surface area (Å²) < 4.78 is 13.5. The summed E-state index contributed by atoms with van der Waals surface area (Å²) in [6.45, 7) is 3.50. The van der Waals surface area contributed by atoms with Gasteiger partial charge in [0.05, 0.1) is 0 Å². The van der Waals surface area contributed by atoms with Crippen LogP contribution in [0.1, 0.15) is 11.8 Å². The summed E-state index contributed by atoms with van der Waals surface area (Å²) in [5, 5.41) is 9.74. The Morgan fingerprint density at radius 1 is 0.853 bits per heavy atom. The second-order valence-corrected chi connectivity index (χ2v) is 7.82. The molecule has 169 valence electrons. The van der Waals surface area contributed by atoms with Crippen LogP contribution in [0.25, 0.3) is 45.1 Å². The molecule has 0 aromatic carbocycles. The molecule has 6 aromatic rings. The van der Waals surface area contributed by atoms with Crippen molar-refractivity contribution in [1.82, 2.24) is 40.2 Å². The molecule has 11 nitrogen and oxygen atoms in total. The molecule has 0 atom stereocenters. The second-order valence-electron chi connectivity index (χ2n) is 6.73. The van der Waals surface area contributed by atoms with Gasteiger partial charge in [0.2, 0.25) is 23.4 Å². The molecule has 34 heavy (non-hydrogen) atoms. The fourth-order valence-electron chi connectivity index (χ4n) is 2.96. The van der Waals surface area contributed by atoms with E-state index >= 15 is 0 Å². The van der Waals surface area contributed by atoms with Crippen molar-refractivity contribution in [1.29, 1.82) is 0 Å². The third-order valence-corrected chi connectivity index (χ3v) is 5.07. The monoisotopic (exact) mass is 536 g/mol. The molecule has 6 heterocycles. The predicted molar refractivity (Wildman–Crippen MR) is 133 cm³/mol. The number of halogens is 1. The second kappa shape index (κ2) is 10.5. The SMILES string of the molecule is Cc1nc(-c2ccc3c(Br)c[nH]c3n2)no1.Cc1nc(-c2ccc3cc[nH]c3n2)no1.[B]=NS. The van der Waals surface area contributed by atoms with E-state index < -0.39 is 0 Å². The van der Waals surface area contributed by atoms with Crippen LogP contribution in [0.5, 0.6) is 0 Å². The number of hydrogen-bond donors (Lipinski definition) is 3. The van der Waals surface area contributed by atoms with Crippen molar-refractivity contribution >= 4 is 58.5 Å². The van der Waals surface area contributed by atoms with Gasteiger partial charge in [-0.2, -0.15) is 9.97 Å². The Hall–Kier alpha value is -3.65. The van der Waals surface area contributed by atoms with E-state index in [9.17, 15) is 0 Å². The first-order chi connectivity index (χ1) is 16.5. The number of pyridine rings is 2. The predicted octanol–water partition coefficient (Wildman–Crippen LogP) is 4.79. The molecule has 14 heteroatoms. The summed E-state index contributed by atoms with van der Waals surface area (Å²) in [5.74, 6) is 2.09. The molecule has 0 amide bonds. The van der Waals surface area contributed by atoms with Gasteiger partial charge in [0.1, 0.15) is 22.7 Å². The van der Waals surface area contributed by atoms with Gasteiger partial charge < -0.3 is 19.0 Å². The van der Waals surface area contributed by atoms with Crippen molar-refractivity contribution in [2.75, 3.05) is 0 Å². The molecule has 0 aliphatic heterocycles. The molecular weight excluding hydrogens is 521 g/mol. The number of nitrogens with one attached hydrogen (secondary N) is 2. The Morgan fingerprint density at radius 2 is 1.44 bits per heavy atom. The number of aromatic amines is 2. The first-order valence-corrected chi connectivity index (χ1v) is 10.9. The molecule has 2 N–H and O–H groups in total. The van der Waals surface area contributed by atoms with Crippen LogP contribution in [0.2, 0.25) is 0 Å². The van der Waals surface area contributed by atoms with Gasteiger partial charge in [-0.15, -0.1) is 0 Å². The van der Waals surface area contributed by atoms with Crippen LogP contribution in [-0.4, -0.2) is 47.9 Å². The van der Waals surface area contributed by atoms with Crippen molar-refractivity contribution in [3.05, 3.63) is 59.0 Å². The quantitative estimate of drug-likeness (QED) is 0.211. The number of thiol groups is 1. The minimum atomic E-state index is 0.505. The maximum absolute atomic E-state index is 4.92. The minimum absolute atomic E-state index is 0.505. The summed E-state index contributed by atoms with van der Waals surface area (Å²) in [4.78, 5) is 23.1. The molecule has 6 aromatic heterocycles. The zero-order chi connectivity index (χ0) is 24.1. The summed E-state index contributed by atoms with van der Waals surface area (Å²) in [6.07, 6.45) is 3.70. The van der Waals surface area contributed by atoms with Crippen LogP contribution < -0.4 is 0 Å². The molecule has 0 spiro atoms. The average molecular weight is 537 g/mol. The van der Waals surface area contributed by atoms with Gasteiger partial charge in [0.25, 0.3) is 0 Å². The van der Waals surface area contributed by atoms with E-state index in [1.807, 2.05) is 42.7 Å². The number of fused-ring (bicyclic) bond motifs is 2. The van der Waals surface area contributed by atoms with Gasteiger partial charge in [-0.3, -0.25) is 0 Å². The van der Waals surface area contributed by atoms with Crippen molar-refractivity contribution < 1.29 is 9.05 Å². The van der Waals surface area contributed by atoms with Crippen LogP contribution >= 0.6 is 28.7 Å². The van der Waals surface area contributed by atoms with Crippen molar-refractivity contribution in [2.45, 2.75) is 13.8 Å². The number of aromatic nitrogens is 8. The molecule has 0 fully saturated rings. The summed E-state index contributed by atoms with van der Waals surface area (Å²) in [5.41, 5.74) is 3.03.